The van der Waals surface area contributed by atoms with E-state index in [4.69, 9.17) is 9.47 Å². The normalized spacial score (nSPS) is 19.0. The smallest absolute Gasteiger partial charge is 0.347 e. The number of aryl methyl sites for hydroxylation is 2. The van der Waals surface area contributed by atoms with Crippen LogP contribution in [-0.2, 0) is 16.0 Å². The van der Waals surface area contributed by atoms with Crippen LogP contribution in [0, 0.1) is 6.92 Å². The second kappa shape index (κ2) is 6.82. The van der Waals surface area contributed by atoms with Crippen molar-refractivity contribution in [3.05, 3.63) is 59.4 Å². The van der Waals surface area contributed by atoms with Gasteiger partial charge in [0.25, 0.3) is 0 Å². The van der Waals surface area contributed by atoms with Crippen molar-refractivity contribution in [1.82, 2.24) is 4.98 Å². The number of fused-ring (bicyclic) bond motifs is 1. The summed E-state index contributed by atoms with van der Waals surface area (Å²) < 4.78 is 11.1. The van der Waals surface area contributed by atoms with Gasteiger partial charge in [-0.05, 0) is 38.0 Å². The van der Waals surface area contributed by atoms with E-state index in [0.717, 1.165) is 35.5 Å². The second-order valence-electron chi connectivity index (χ2n) is 5.91. The number of hydrogen-bond donors (Lipinski definition) is 0. The molecule has 0 amide bonds. The van der Waals surface area contributed by atoms with Crippen molar-refractivity contribution in [2.24, 2.45) is 0 Å². The Balaban J connectivity index is 1.47. The third kappa shape index (κ3) is 3.52. The Hall–Kier alpha value is -2.36. The zero-order chi connectivity index (χ0) is 16.2. The Morgan fingerprint density at radius 3 is 2.83 bits per heavy atom. The third-order valence-corrected chi connectivity index (χ3v) is 4.12. The van der Waals surface area contributed by atoms with Crippen LogP contribution in [0.4, 0.5) is 0 Å². The van der Waals surface area contributed by atoms with E-state index in [9.17, 15) is 4.79 Å². The fourth-order valence-electron chi connectivity index (χ4n) is 2.87. The van der Waals surface area contributed by atoms with Crippen molar-refractivity contribution in [2.75, 3.05) is 6.61 Å². The lowest BCUT2D eigenvalue weighted by Crippen LogP contribution is -2.30. The minimum atomic E-state index is -0.538. The van der Waals surface area contributed by atoms with Gasteiger partial charge in [0.1, 0.15) is 5.75 Å². The lowest BCUT2D eigenvalue weighted by Gasteiger charge is -2.14. The summed E-state index contributed by atoms with van der Waals surface area (Å²) in [4.78, 5) is 16.7. The summed E-state index contributed by atoms with van der Waals surface area (Å²) in [6.45, 7) is 4.35. The van der Waals surface area contributed by atoms with Crippen LogP contribution in [0.15, 0.2) is 42.5 Å². The van der Waals surface area contributed by atoms with Crippen molar-refractivity contribution >= 4 is 5.97 Å². The van der Waals surface area contributed by atoms with Crippen molar-refractivity contribution in [3.8, 4) is 5.75 Å². The van der Waals surface area contributed by atoms with E-state index in [-0.39, 0.29) is 11.9 Å². The number of aromatic nitrogens is 1. The Bertz CT molecular complexity index is 699. The van der Waals surface area contributed by atoms with Gasteiger partial charge >= 0.3 is 5.97 Å². The molecule has 23 heavy (non-hydrogen) atoms. The van der Waals surface area contributed by atoms with Crippen molar-refractivity contribution in [1.29, 1.82) is 0 Å². The molecule has 120 valence electrons. The minimum absolute atomic E-state index is 0.0251. The predicted molar refractivity (Wildman–Crippen MR) is 87.5 cm³/mol. The van der Waals surface area contributed by atoms with Crippen LogP contribution < -0.4 is 4.74 Å². The maximum absolute atomic E-state index is 12.2. The number of hydrogen-bond acceptors (Lipinski definition) is 4. The van der Waals surface area contributed by atoms with Gasteiger partial charge in [0.15, 0.2) is 0 Å². The van der Waals surface area contributed by atoms with Gasteiger partial charge in [-0.2, -0.15) is 0 Å². The highest BCUT2D eigenvalue weighted by molar-refractivity contribution is 5.78. The predicted octanol–water partition coefficient (Wildman–Crippen LogP) is 3.43. The van der Waals surface area contributed by atoms with E-state index in [1.54, 1.807) is 0 Å². The molecule has 2 heterocycles. The fourth-order valence-corrected chi connectivity index (χ4v) is 2.87. The zero-order valence-corrected chi connectivity index (χ0v) is 13.5. The SMILES string of the molecule is Cc1cccc(CCCOC(=O)C2Oc3ccccc3C2C)n1. The largest absolute Gasteiger partial charge is 0.478 e. The van der Waals surface area contributed by atoms with Gasteiger partial charge in [-0.1, -0.05) is 31.2 Å². The number of esters is 1. The molecule has 0 aliphatic carbocycles. The molecule has 0 saturated heterocycles. The zero-order valence-electron chi connectivity index (χ0n) is 13.5. The molecule has 0 spiro atoms. The number of rotatable bonds is 5. The first-order valence-electron chi connectivity index (χ1n) is 8.00. The van der Waals surface area contributed by atoms with Crippen LogP contribution in [0.2, 0.25) is 0 Å². The molecular weight excluding hydrogens is 290 g/mol. The number of benzene rings is 1. The Morgan fingerprint density at radius 2 is 2.04 bits per heavy atom. The standard InChI is InChI=1S/C19H21NO3/c1-13-7-5-8-15(20-13)9-6-12-22-19(21)18-14(2)16-10-3-4-11-17(16)23-18/h3-5,7-8,10-11,14,18H,6,9,12H2,1-2H3. The van der Waals surface area contributed by atoms with Gasteiger partial charge in [-0.25, -0.2) is 4.79 Å². The van der Waals surface area contributed by atoms with Crippen molar-refractivity contribution in [3.63, 3.8) is 0 Å². The molecule has 3 rings (SSSR count). The van der Waals surface area contributed by atoms with Crippen LogP contribution in [0.1, 0.15) is 36.2 Å². The molecule has 2 unspecified atom stereocenters. The highest BCUT2D eigenvalue weighted by Crippen LogP contribution is 2.37. The number of carbonyl (C=O) groups excluding carboxylic acids is 1. The molecule has 0 radical (unpaired) electrons. The van der Waals surface area contributed by atoms with E-state index in [2.05, 4.69) is 4.98 Å². The highest BCUT2D eigenvalue weighted by atomic mass is 16.6. The summed E-state index contributed by atoms with van der Waals surface area (Å²) in [5, 5.41) is 0. The maximum Gasteiger partial charge on any atom is 0.347 e. The van der Waals surface area contributed by atoms with Crippen LogP contribution in [0.3, 0.4) is 0 Å². The molecule has 4 nitrogen and oxygen atoms in total. The number of nitrogens with zero attached hydrogens (tertiary/aromatic N) is 1. The van der Waals surface area contributed by atoms with Crippen LogP contribution in [-0.4, -0.2) is 23.7 Å². The van der Waals surface area contributed by atoms with Crippen LogP contribution >= 0.6 is 0 Å². The first-order valence-corrected chi connectivity index (χ1v) is 8.00. The van der Waals surface area contributed by atoms with Gasteiger partial charge < -0.3 is 9.47 Å². The molecule has 0 fully saturated rings. The highest BCUT2D eigenvalue weighted by Gasteiger charge is 2.37. The molecule has 0 bridgehead atoms. The van der Waals surface area contributed by atoms with Crippen molar-refractivity contribution in [2.45, 2.75) is 38.7 Å². The van der Waals surface area contributed by atoms with E-state index in [0.29, 0.717) is 6.61 Å². The Labute approximate surface area is 136 Å². The maximum atomic E-state index is 12.2. The average Bonchev–Trinajstić information content (AvgIpc) is 2.89. The summed E-state index contributed by atoms with van der Waals surface area (Å²) in [7, 11) is 0. The molecular formula is C19H21NO3. The summed E-state index contributed by atoms with van der Waals surface area (Å²) >= 11 is 0. The third-order valence-electron chi connectivity index (χ3n) is 4.12. The van der Waals surface area contributed by atoms with E-state index in [1.807, 2.05) is 56.3 Å². The number of ether oxygens (including phenoxy) is 2. The molecule has 0 saturated carbocycles. The first-order chi connectivity index (χ1) is 11.1. The molecule has 2 atom stereocenters. The molecule has 4 heteroatoms. The first kappa shape index (κ1) is 15.5. The summed E-state index contributed by atoms with van der Waals surface area (Å²) in [6, 6.07) is 13.7. The van der Waals surface area contributed by atoms with Gasteiger partial charge in [-0.3, -0.25) is 4.98 Å². The lowest BCUT2D eigenvalue weighted by atomic mass is 9.98. The van der Waals surface area contributed by atoms with E-state index >= 15 is 0 Å². The Morgan fingerprint density at radius 1 is 1.22 bits per heavy atom. The van der Waals surface area contributed by atoms with Crippen LogP contribution in [0.5, 0.6) is 5.75 Å². The molecule has 1 aromatic heterocycles. The minimum Gasteiger partial charge on any atom is -0.478 e. The average molecular weight is 311 g/mol. The van der Waals surface area contributed by atoms with Crippen molar-refractivity contribution < 1.29 is 14.3 Å². The monoisotopic (exact) mass is 311 g/mol. The van der Waals surface area contributed by atoms with Gasteiger partial charge in [0, 0.05) is 22.9 Å². The molecule has 1 aliphatic rings. The molecule has 0 N–H and O–H groups in total. The molecule has 2 aromatic rings. The molecule has 1 aromatic carbocycles. The van der Waals surface area contributed by atoms with E-state index in [1.165, 1.54) is 0 Å². The van der Waals surface area contributed by atoms with Gasteiger partial charge in [-0.15, -0.1) is 0 Å². The number of pyridine rings is 1. The Kier molecular flexibility index (Phi) is 4.60. The van der Waals surface area contributed by atoms with E-state index < -0.39 is 6.10 Å². The second-order valence-corrected chi connectivity index (χ2v) is 5.91. The lowest BCUT2D eigenvalue weighted by molar-refractivity contribution is -0.152. The van der Waals surface area contributed by atoms with Crippen LogP contribution in [0.25, 0.3) is 0 Å². The summed E-state index contributed by atoms with van der Waals surface area (Å²) in [5.74, 6) is 0.522. The fraction of sp³-hybridized carbons (Fsp3) is 0.368. The molecule has 1 aliphatic heterocycles. The summed E-state index contributed by atoms with van der Waals surface area (Å²) in [5.41, 5.74) is 3.10. The van der Waals surface area contributed by atoms with Gasteiger partial charge in [0.05, 0.1) is 6.61 Å². The number of carbonyl (C=O) groups is 1. The topological polar surface area (TPSA) is 48.4 Å². The quantitative estimate of drug-likeness (QED) is 0.627. The summed E-state index contributed by atoms with van der Waals surface area (Å²) in [6.07, 6.45) is 1.02. The number of para-hydroxylation sites is 1. The van der Waals surface area contributed by atoms with Gasteiger partial charge in [0.2, 0.25) is 6.10 Å².